The first-order valence-electron chi connectivity index (χ1n) is 10.5. The summed E-state index contributed by atoms with van der Waals surface area (Å²) in [4.78, 5) is 6.90. The molecule has 28 heavy (non-hydrogen) atoms. The zero-order valence-electron chi connectivity index (χ0n) is 17.9. The normalized spacial score (nSPS) is 15.8. The first-order valence-corrected chi connectivity index (χ1v) is 10.5. The summed E-state index contributed by atoms with van der Waals surface area (Å²) < 4.78 is 5.20. The Hall–Kier alpha value is -1.02. The fourth-order valence-electron chi connectivity index (χ4n) is 3.66. The highest BCUT2D eigenvalue weighted by Crippen LogP contribution is 2.19. The first-order chi connectivity index (χ1) is 13.2. The molecule has 1 aromatic rings. The molecule has 0 unspecified atom stereocenters. The molecule has 1 heterocycles. The fourth-order valence-corrected chi connectivity index (χ4v) is 3.66. The van der Waals surface area contributed by atoms with Gasteiger partial charge in [0.05, 0.1) is 7.11 Å². The van der Waals surface area contributed by atoms with Gasteiger partial charge in [0.25, 0.3) is 0 Å². The summed E-state index contributed by atoms with van der Waals surface area (Å²) in [6.45, 7) is 7.96. The molecule has 0 aliphatic carbocycles. The quantitative estimate of drug-likeness (QED) is 0.221. The molecule has 160 valence electrons. The summed E-state index contributed by atoms with van der Waals surface area (Å²) in [5, 5.41) is 6.91. The molecular formula is C22H39IN4O. The molecule has 6 heteroatoms. The number of unbranched alkanes of at least 4 members (excludes halogenated alkanes) is 1. The predicted octanol–water partition coefficient (Wildman–Crippen LogP) is 3.92. The van der Waals surface area contributed by atoms with Crippen LogP contribution in [-0.2, 0) is 6.42 Å². The molecule has 1 fully saturated rings. The minimum Gasteiger partial charge on any atom is -0.497 e. The Morgan fingerprint density at radius 2 is 1.79 bits per heavy atom. The van der Waals surface area contributed by atoms with Crippen molar-refractivity contribution in [2.24, 2.45) is 10.9 Å². The number of hydrogen-bond acceptors (Lipinski definition) is 3. The minimum absolute atomic E-state index is 0. The van der Waals surface area contributed by atoms with Crippen LogP contribution in [0.4, 0.5) is 0 Å². The first kappa shape index (κ1) is 25.0. The van der Waals surface area contributed by atoms with Crippen molar-refractivity contribution in [2.45, 2.75) is 45.4 Å². The van der Waals surface area contributed by atoms with E-state index in [4.69, 9.17) is 4.74 Å². The van der Waals surface area contributed by atoms with Crippen molar-refractivity contribution in [3.05, 3.63) is 29.8 Å². The number of halogens is 1. The number of benzene rings is 1. The lowest BCUT2D eigenvalue weighted by Crippen LogP contribution is -2.39. The van der Waals surface area contributed by atoms with Crippen molar-refractivity contribution in [2.75, 3.05) is 46.9 Å². The standard InChI is InChI=1S/C22H38N4O.HI/c1-4-26-17-13-20(14-18-26)12-16-25-22(23-2)24-15-6-5-7-19-8-10-21(27-3)11-9-19;/h8-11,20H,4-7,12-18H2,1-3H3,(H2,23,24,25);1H. The summed E-state index contributed by atoms with van der Waals surface area (Å²) in [6, 6.07) is 8.37. The third-order valence-corrected chi connectivity index (χ3v) is 5.57. The van der Waals surface area contributed by atoms with Crippen LogP contribution in [0.5, 0.6) is 5.75 Å². The Kier molecular flexibility index (Phi) is 13.3. The van der Waals surface area contributed by atoms with Crippen molar-refractivity contribution in [3.8, 4) is 5.75 Å². The van der Waals surface area contributed by atoms with Gasteiger partial charge >= 0.3 is 0 Å². The number of methoxy groups -OCH3 is 1. The monoisotopic (exact) mass is 502 g/mol. The van der Waals surface area contributed by atoms with E-state index in [1.54, 1.807) is 7.11 Å². The van der Waals surface area contributed by atoms with E-state index >= 15 is 0 Å². The number of aliphatic imine (C=N–C) groups is 1. The third-order valence-electron chi connectivity index (χ3n) is 5.57. The van der Waals surface area contributed by atoms with Crippen molar-refractivity contribution in [1.29, 1.82) is 0 Å². The van der Waals surface area contributed by atoms with Crippen molar-refractivity contribution < 1.29 is 4.74 Å². The maximum absolute atomic E-state index is 5.20. The van der Waals surface area contributed by atoms with E-state index in [-0.39, 0.29) is 24.0 Å². The number of likely N-dealkylation sites (tertiary alicyclic amines) is 1. The van der Waals surface area contributed by atoms with Crippen LogP contribution >= 0.6 is 24.0 Å². The summed E-state index contributed by atoms with van der Waals surface area (Å²) in [6.07, 6.45) is 7.35. The molecule has 1 saturated heterocycles. The van der Waals surface area contributed by atoms with E-state index in [1.165, 1.54) is 50.9 Å². The Morgan fingerprint density at radius 3 is 2.39 bits per heavy atom. The van der Waals surface area contributed by atoms with Gasteiger partial charge in [-0.15, -0.1) is 24.0 Å². The van der Waals surface area contributed by atoms with E-state index in [0.717, 1.165) is 43.6 Å². The van der Waals surface area contributed by atoms with Crippen molar-refractivity contribution in [3.63, 3.8) is 0 Å². The Morgan fingerprint density at radius 1 is 1.11 bits per heavy atom. The molecule has 0 spiro atoms. The van der Waals surface area contributed by atoms with E-state index in [2.05, 4.69) is 39.6 Å². The molecule has 2 N–H and O–H groups in total. The van der Waals surface area contributed by atoms with Gasteiger partial charge in [-0.05, 0) is 81.8 Å². The molecular weight excluding hydrogens is 463 g/mol. The SMILES string of the molecule is CCN1CCC(CCNC(=NC)NCCCCc2ccc(OC)cc2)CC1.I. The Bertz CT molecular complexity index is 542. The van der Waals surface area contributed by atoms with Gasteiger partial charge in [-0.1, -0.05) is 19.1 Å². The number of ether oxygens (including phenoxy) is 1. The van der Waals surface area contributed by atoms with Crippen LogP contribution in [0.1, 0.15) is 44.6 Å². The second kappa shape index (κ2) is 14.9. The zero-order valence-corrected chi connectivity index (χ0v) is 20.2. The second-order valence-electron chi connectivity index (χ2n) is 7.40. The number of piperidine rings is 1. The largest absolute Gasteiger partial charge is 0.497 e. The lowest BCUT2D eigenvalue weighted by atomic mass is 9.93. The van der Waals surface area contributed by atoms with Crippen LogP contribution in [0.15, 0.2) is 29.3 Å². The van der Waals surface area contributed by atoms with Crippen LogP contribution in [-0.4, -0.2) is 57.7 Å². The van der Waals surface area contributed by atoms with Gasteiger partial charge in [0.15, 0.2) is 5.96 Å². The average Bonchev–Trinajstić information content (AvgIpc) is 2.73. The van der Waals surface area contributed by atoms with Crippen LogP contribution in [0.2, 0.25) is 0 Å². The summed E-state index contributed by atoms with van der Waals surface area (Å²) >= 11 is 0. The molecule has 1 aliphatic rings. The van der Waals surface area contributed by atoms with E-state index in [9.17, 15) is 0 Å². The molecule has 2 rings (SSSR count). The number of guanidine groups is 1. The topological polar surface area (TPSA) is 48.9 Å². The minimum atomic E-state index is 0. The average molecular weight is 502 g/mol. The molecule has 0 saturated carbocycles. The van der Waals surface area contributed by atoms with Crippen LogP contribution in [0.3, 0.4) is 0 Å². The van der Waals surface area contributed by atoms with Gasteiger partial charge in [-0.25, -0.2) is 0 Å². The lowest BCUT2D eigenvalue weighted by Gasteiger charge is -2.31. The van der Waals surface area contributed by atoms with E-state index in [1.807, 2.05) is 19.2 Å². The van der Waals surface area contributed by atoms with E-state index in [0.29, 0.717) is 0 Å². The van der Waals surface area contributed by atoms with Crippen LogP contribution in [0, 0.1) is 5.92 Å². The third kappa shape index (κ3) is 9.45. The number of rotatable bonds is 10. The smallest absolute Gasteiger partial charge is 0.190 e. The predicted molar refractivity (Wildman–Crippen MR) is 130 cm³/mol. The molecule has 0 atom stereocenters. The molecule has 5 nitrogen and oxygen atoms in total. The lowest BCUT2D eigenvalue weighted by molar-refractivity contribution is 0.187. The maximum Gasteiger partial charge on any atom is 0.190 e. The highest BCUT2D eigenvalue weighted by atomic mass is 127. The zero-order chi connectivity index (χ0) is 19.3. The van der Waals surface area contributed by atoms with E-state index < -0.39 is 0 Å². The Labute approximate surface area is 188 Å². The highest BCUT2D eigenvalue weighted by Gasteiger charge is 2.17. The van der Waals surface area contributed by atoms with Crippen molar-refractivity contribution in [1.82, 2.24) is 15.5 Å². The molecule has 1 aliphatic heterocycles. The van der Waals surface area contributed by atoms with Gasteiger partial charge < -0.3 is 20.3 Å². The number of nitrogens with one attached hydrogen (secondary N) is 2. The van der Waals surface area contributed by atoms with Gasteiger partial charge in [0, 0.05) is 20.1 Å². The number of aryl methyl sites for hydroxylation is 1. The van der Waals surface area contributed by atoms with Gasteiger partial charge in [-0.3, -0.25) is 4.99 Å². The second-order valence-corrected chi connectivity index (χ2v) is 7.40. The van der Waals surface area contributed by atoms with Crippen molar-refractivity contribution >= 4 is 29.9 Å². The van der Waals surface area contributed by atoms with Gasteiger partial charge in [0.1, 0.15) is 5.75 Å². The maximum atomic E-state index is 5.20. The molecule has 0 aromatic heterocycles. The van der Waals surface area contributed by atoms with Crippen LogP contribution < -0.4 is 15.4 Å². The van der Waals surface area contributed by atoms with Gasteiger partial charge in [0.2, 0.25) is 0 Å². The summed E-state index contributed by atoms with van der Waals surface area (Å²) in [5.74, 6) is 2.72. The number of hydrogen-bond donors (Lipinski definition) is 2. The van der Waals surface area contributed by atoms with Gasteiger partial charge in [-0.2, -0.15) is 0 Å². The summed E-state index contributed by atoms with van der Waals surface area (Å²) in [5.41, 5.74) is 1.37. The Balaban J connectivity index is 0.00000392. The summed E-state index contributed by atoms with van der Waals surface area (Å²) in [7, 11) is 3.56. The van der Waals surface area contributed by atoms with Crippen LogP contribution in [0.25, 0.3) is 0 Å². The molecule has 0 amide bonds. The molecule has 0 radical (unpaired) electrons. The molecule has 1 aromatic carbocycles. The number of nitrogens with zero attached hydrogens (tertiary/aromatic N) is 2. The molecule has 0 bridgehead atoms. The highest BCUT2D eigenvalue weighted by molar-refractivity contribution is 14.0. The fraction of sp³-hybridized carbons (Fsp3) is 0.682.